The minimum Gasteiger partial charge on any atom is -0.390 e. The Bertz CT molecular complexity index is 884. The standard InChI is InChI=1S/C20H16N2O/c1-15-9-11-17(12-10-15)20(13-21)22-23-14-18-7-4-6-16-5-2-3-8-19(16)18/h2-12H,14H2,1H3/b22-20+. The Kier molecular flexibility index (Phi) is 4.35. The maximum Gasteiger partial charge on any atom is 0.186 e. The molecule has 0 unspecified atom stereocenters. The van der Waals surface area contributed by atoms with Crippen molar-refractivity contribution in [1.29, 1.82) is 5.26 Å². The number of benzene rings is 3. The van der Waals surface area contributed by atoms with Crippen LogP contribution < -0.4 is 0 Å². The molecule has 0 aliphatic rings. The topological polar surface area (TPSA) is 45.4 Å². The quantitative estimate of drug-likeness (QED) is 0.522. The van der Waals surface area contributed by atoms with Crippen LogP contribution in [0.3, 0.4) is 0 Å². The van der Waals surface area contributed by atoms with E-state index in [0.717, 1.165) is 27.5 Å². The predicted octanol–water partition coefficient (Wildman–Crippen LogP) is 4.59. The van der Waals surface area contributed by atoms with E-state index in [-0.39, 0.29) is 5.71 Å². The van der Waals surface area contributed by atoms with Gasteiger partial charge in [-0.2, -0.15) is 5.26 Å². The van der Waals surface area contributed by atoms with E-state index in [9.17, 15) is 5.26 Å². The lowest BCUT2D eigenvalue weighted by Gasteiger charge is -2.06. The number of rotatable bonds is 4. The molecule has 0 aliphatic heterocycles. The second-order valence-corrected chi connectivity index (χ2v) is 5.33. The second kappa shape index (κ2) is 6.76. The normalized spacial score (nSPS) is 11.2. The highest BCUT2D eigenvalue weighted by Gasteiger charge is 2.04. The van der Waals surface area contributed by atoms with Crippen molar-refractivity contribution in [2.45, 2.75) is 13.5 Å². The molecule has 112 valence electrons. The van der Waals surface area contributed by atoms with Gasteiger partial charge in [-0.05, 0) is 23.3 Å². The van der Waals surface area contributed by atoms with Gasteiger partial charge in [0, 0.05) is 5.56 Å². The number of nitrogens with zero attached hydrogens (tertiary/aromatic N) is 2. The van der Waals surface area contributed by atoms with Gasteiger partial charge in [0.25, 0.3) is 0 Å². The Labute approximate surface area is 135 Å². The molecule has 3 aromatic rings. The Morgan fingerprint density at radius 3 is 2.52 bits per heavy atom. The van der Waals surface area contributed by atoms with Crippen molar-refractivity contribution in [2.75, 3.05) is 0 Å². The third-order valence-electron chi connectivity index (χ3n) is 3.69. The molecular weight excluding hydrogens is 284 g/mol. The highest BCUT2D eigenvalue weighted by Crippen LogP contribution is 2.19. The average molecular weight is 300 g/mol. The zero-order valence-electron chi connectivity index (χ0n) is 12.9. The van der Waals surface area contributed by atoms with Gasteiger partial charge in [0.05, 0.1) is 0 Å². The SMILES string of the molecule is Cc1ccc(/C(C#N)=N/OCc2cccc3ccccc23)cc1. The lowest BCUT2D eigenvalue weighted by Crippen LogP contribution is -1.99. The van der Waals surface area contributed by atoms with Crippen LogP contribution >= 0.6 is 0 Å². The van der Waals surface area contributed by atoms with E-state index >= 15 is 0 Å². The maximum atomic E-state index is 9.26. The summed E-state index contributed by atoms with van der Waals surface area (Å²) in [6.45, 7) is 2.34. The molecule has 0 N–H and O–H groups in total. The van der Waals surface area contributed by atoms with Crippen LogP contribution in [0.5, 0.6) is 0 Å². The van der Waals surface area contributed by atoms with Gasteiger partial charge in [-0.25, -0.2) is 0 Å². The minimum atomic E-state index is 0.283. The highest BCUT2D eigenvalue weighted by atomic mass is 16.6. The Morgan fingerprint density at radius 1 is 1.00 bits per heavy atom. The molecule has 0 spiro atoms. The molecular formula is C20H16N2O. The van der Waals surface area contributed by atoms with Crippen LogP contribution in [0.15, 0.2) is 71.9 Å². The number of nitriles is 1. The van der Waals surface area contributed by atoms with E-state index in [2.05, 4.69) is 29.4 Å². The van der Waals surface area contributed by atoms with E-state index in [1.54, 1.807) is 0 Å². The molecule has 0 bridgehead atoms. The second-order valence-electron chi connectivity index (χ2n) is 5.33. The Balaban J connectivity index is 1.79. The first-order chi connectivity index (χ1) is 11.3. The first-order valence-electron chi connectivity index (χ1n) is 7.41. The summed E-state index contributed by atoms with van der Waals surface area (Å²) in [4.78, 5) is 5.43. The smallest absolute Gasteiger partial charge is 0.186 e. The van der Waals surface area contributed by atoms with Crippen LogP contribution in [0.4, 0.5) is 0 Å². The molecule has 0 amide bonds. The summed E-state index contributed by atoms with van der Waals surface area (Å²) in [5.41, 5.74) is 3.23. The van der Waals surface area contributed by atoms with Gasteiger partial charge in [0.1, 0.15) is 12.7 Å². The molecule has 0 saturated heterocycles. The van der Waals surface area contributed by atoms with E-state index in [1.165, 1.54) is 0 Å². The van der Waals surface area contributed by atoms with Crippen molar-refractivity contribution in [1.82, 2.24) is 0 Å². The van der Waals surface area contributed by atoms with Crippen molar-refractivity contribution in [3.8, 4) is 6.07 Å². The van der Waals surface area contributed by atoms with Crippen LogP contribution in [0.1, 0.15) is 16.7 Å². The largest absolute Gasteiger partial charge is 0.390 e. The van der Waals surface area contributed by atoms with Crippen molar-refractivity contribution < 1.29 is 4.84 Å². The van der Waals surface area contributed by atoms with Crippen molar-refractivity contribution in [3.05, 3.63) is 83.4 Å². The van der Waals surface area contributed by atoms with Gasteiger partial charge in [-0.15, -0.1) is 0 Å². The number of aryl methyl sites for hydroxylation is 1. The summed E-state index contributed by atoms with van der Waals surface area (Å²) in [5.74, 6) is 0. The molecule has 0 aromatic heterocycles. The molecule has 3 heteroatoms. The van der Waals surface area contributed by atoms with Crippen LogP contribution in [0.25, 0.3) is 10.8 Å². The molecule has 0 atom stereocenters. The van der Waals surface area contributed by atoms with E-state index in [1.807, 2.05) is 55.5 Å². The maximum absolute atomic E-state index is 9.26. The van der Waals surface area contributed by atoms with E-state index in [4.69, 9.17) is 4.84 Å². The lowest BCUT2D eigenvalue weighted by molar-refractivity contribution is 0.132. The molecule has 0 aliphatic carbocycles. The van der Waals surface area contributed by atoms with Gasteiger partial charge < -0.3 is 4.84 Å². The van der Waals surface area contributed by atoms with Crippen LogP contribution in [0, 0.1) is 18.3 Å². The van der Waals surface area contributed by atoms with Gasteiger partial charge >= 0.3 is 0 Å². The average Bonchev–Trinajstić information content (AvgIpc) is 2.60. The van der Waals surface area contributed by atoms with Crippen molar-refractivity contribution in [2.24, 2.45) is 5.16 Å². The monoisotopic (exact) mass is 300 g/mol. The first-order valence-corrected chi connectivity index (χ1v) is 7.41. The molecule has 23 heavy (non-hydrogen) atoms. The molecule has 3 nitrogen and oxygen atoms in total. The van der Waals surface area contributed by atoms with E-state index < -0.39 is 0 Å². The van der Waals surface area contributed by atoms with Crippen LogP contribution in [0.2, 0.25) is 0 Å². The third kappa shape index (κ3) is 3.38. The van der Waals surface area contributed by atoms with Gasteiger partial charge in [0.15, 0.2) is 5.71 Å². The number of hydrogen-bond donors (Lipinski definition) is 0. The highest BCUT2D eigenvalue weighted by molar-refractivity contribution is 6.11. The zero-order chi connectivity index (χ0) is 16.1. The van der Waals surface area contributed by atoms with Crippen LogP contribution in [-0.2, 0) is 11.4 Å². The summed E-state index contributed by atoms with van der Waals surface area (Å²) in [6.07, 6.45) is 0. The molecule has 0 saturated carbocycles. The minimum absolute atomic E-state index is 0.283. The number of hydrogen-bond acceptors (Lipinski definition) is 3. The molecule has 3 aromatic carbocycles. The van der Waals surface area contributed by atoms with Crippen molar-refractivity contribution >= 4 is 16.5 Å². The number of fused-ring (bicyclic) bond motifs is 1. The van der Waals surface area contributed by atoms with E-state index in [0.29, 0.717) is 6.61 Å². The summed E-state index contributed by atoms with van der Waals surface area (Å²) >= 11 is 0. The summed E-state index contributed by atoms with van der Waals surface area (Å²) < 4.78 is 0. The fraction of sp³-hybridized carbons (Fsp3) is 0.100. The number of oxime groups is 1. The molecule has 0 fully saturated rings. The van der Waals surface area contributed by atoms with Gasteiger partial charge in [-0.1, -0.05) is 77.4 Å². The Morgan fingerprint density at radius 2 is 1.74 bits per heavy atom. The molecule has 3 rings (SSSR count). The first kappa shape index (κ1) is 14.8. The fourth-order valence-corrected chi connectivity index (χ4v) is 2.43. The third-order valence-corrected chi connectivity index (χ3v) is 3.69. The lowest BCUT2D eigenvalue weighted by atomic mass is 10.1. The fourth-order valence-electron chi connectivity index (χ4n) is 2.43. The summed E-state index contributed by atoms with van der Waals surface area (Å²) in [5, 5.41) is 15.6. The van der Waals surface area contributed by atoms with Gasteiger partial charge in [0.2, 0.25) is 0 Å². The van der Waals surface area contributed by atoms with Gasteiger partial charge in [-0.3, -0.25) is 0 Å². The van der Waals surface area contributed by atoms with Crippen molar-refractivity contribution in [3.63, 3.8) is 0 Å². The molecule has 0 heterocycles. The summed E-state index contributed by atoms with van der Waals surface area (Å²) in [6, 6.07) is 23.9. The summed E-state index contributed by atoms with van der Waals surface area (Å²) in [7, 11) is 0. The Hall–Kier alpha value is -3.12. The predicted molar refractivity (Wildman–Crippen MR) is 92.1 cm³/mol. The zero-order valence-corrected chi connectivity index (χ0v) is 12.9. The molecule has 0 radical (unpaired) electrons. The van der Waals surface area contributed by atoms with Crippen LogP contribution in [-0.4, -0.2) is 5.71 Å².